The molecule has 39 heavy (non-hydrogen) atoms. The van der Waals surface area contributed by atoms with Crippen LogP contribution < -0.4 is 10.1 Å². The van der Waals surface area contributed by atoms with E-state index in [1.54, 1.807) is 7.11 Å². The molecule has 0 bridgehead atoms. The van der Waals surface area contributed by atoms with E-state index in [1.807, 2.05) is 71.8 Å². The molecule has 1 atom stereocenters. The fourth-order valence-electron chi connectivity index (χ4n) is 4.30. The molecule has 0 aromatic heterocycles. The van der Waals surface area contributed by atoms with Crippen molar-refractivity contribution >= 4 is 28.8 Å². The van der Waals surface area contributed by atoms with Gasteiger partial charge in [0.25, 0.3) is 0 Å². The zero-order valence-electron chi connectivity index (χ0n) is 22.8. The van der Waals surface area contributed by atoms with Crippen LogP contribution in [0.25, 0.3) is 0 Å². The number of rotatable bonds is 12. The number of hydrogen-bond acceptors (Lipinski definition) is 8. The lowest BCUT2D eigenvalue weighted by molar-refractivity contribution is -0.141. The number of aliphatic imine (C=N–C) groups is 1. The predicted octanol–water partition coefficient (Wildman–Crippen LogP) is 5.19. The normalized spacial score (nSPS) is 16.5. The van der Waals surface area contributed by atoms with Crippen LogP contribution in [-0.2, 0) is 25.7 Å². The molecule has 0 spiro atoms. The van der Waals surface area contributed by atoms with Gasteiger partial charge in [0, 0.05) is 19.4 Å². The molecule has 0 saturated heterocycles. The van der Waals surface area contributed by atoms with Gasteiger partial charge in [-0.25, -0.2) is 9.79 Å². The average molecular weight is 550 g/mol. The number of allylic oxidation sites excluding steroid dienone is 1. The summed E-state index contributed by atoms with van der Waals surface area (Å²) >= 11 is 1.45. The molecule has 0 saturated carbocycles. The first-order chi connectivity index (χ1) is 18.9. The summed E-state index contributed by atoms with van der Waals surface area (Å²) < 4.78 is 16.7. The third kappa shape index (κ3) is 7.30. The number of amides is 1. The highest BCUT2D eigenvalue weighted by molar-refractivity contribution is 8.16. The molecule has 2 aliphatic heterocycles. The number of esters is 1. The lowest BCUT2D eigenvalue weighted by Crippen LogP contribution is -2.38. The number of carbonyl (C=O) groups excluding carboxylic acids is 2. The smallest absolute Gasteiger partial charge is 0.338 e. The number of benzene rings is 2. The van der Waals surface area contributed by atoms with Gasteiger partial charge >= 0.3 is 5.97 Å². The molecule has 1 N–H and O–H groups in total. The maximum atomic E-state index is 13.4. The van der Waals surface area contributed by atoms with Crippen molar-refractivity contribution in [3.05, 3.63) is 88.1 Å². The molecule has 0 radical (unpaired) electrons. The Hall–Kier alpha value is -3.56. The molecule has 1 unspecified atom stereocenters. The first-order valence-electron chi connectivity index (χ1n) is 13.0. The molecular weight excluding hydrogens is 514 g/mol. The SMILES string of the molecule is COCCOC(=O)C1=C(C)N=C2SC=C(CC(=O)NCC(C)C)N2C1c1cccc(OCc2ccccc2)c1. The lowest BCUT2D eigenvalue weighted by atomic mass is 9.93. The summed E-state index contributed by atoms with van der Waals surface area (Å²) in [4.78, 5) is 32.9. The van der Waals surface area contributed by atoms with E-state index in [9.17, 15) is 9.59 Å². The van der Waals surface area contributed by atoms with Crippen molar-refractivity contribution < 1.29 is 23.8 Å². The molecular formula is C30H35N3O5S. The topological polar surface area (TPSA) is 89.5 Å². The van der Waals surface area contributed by atoms with Crippen molar-refractivity contribution in [3.63, 3.8) is 0 Å². The number of amidine groups is 1. The second-order valence-corrected chi connectivity index (χ2v) is 10.6. The minimum atomic E-state index is -0.535. The van der Waals surface area contributed by atoms with Crippen LogP contribution in [0.1, 0.15) is 44.4 Å². The van der Waals surface area contributed by atoms with Crippen molar-refractivity contribution in [3.8, 4) is 5.75 Å². The molecule has 9 heteroatoms. The van der Waals surface area contributed by atoms with Gasteiger partial charge in [-0.1, -0.05) is 68.1 Å². The summed E-state index contributed by atoms with van der Waals surface area (Å²) in [5.41, 5.74) is 3.67. The highest BCUT2D eigenvalue weighted by Crippen LogP contribution is 2.45. The Kier molecular flexibility index (Phi) is 9.84. The summed E-state index contributed by atoms with van der Waals surface area (Å²) in [6.07, 6.45) is 0.171. The Bertz CT molecular complexity index is 1270. The van der Waals surface area contributed by atoms with Gasteiger partial charge < -0.3 is 24.4 Å². The summed E-state index contributed by atoms with van der Waals surface area (Å²) in [5, 5.41) is 5.63. The number of hydrogen-bond donors (Lipinski definition) is 1. The number of methoxy groups -OCH3 is 1. The molecule has 206 valence electrons. The Balaban J connectivity index is 1.65. The molecule has 2 aromatic carbocycles. The van der Waals surface area contributed by atoms with Gasteiger partial charge in [0.2, 0.25) is 5.91 Å². The van der Waals surface area contributed by atoms with Crippen LogP contribution in [0.2, 0.25) is 0 Å². The van der Waals surface area contributed by atoms with E-state index in [0.29, 0.717) is 47.9 Å². The van der Waals surface area contributed by atoms with Gasteiger partial charge in [-0.15, -0.1) is 0 Å². The maximum absolute atomic E-state index is 13.4. The van der Waals surface area contributed by atoms with Gasteiger partial charge in [0.15, 0.2) is 5.17 Å². The van der Waals surface area contributed by atoms with E-state index >= 15 is 0 Å². The van der Waals surface area contributed by atoms with Crippen LogP contribution in [0.15, 0.2) is 82.0 Å². The van der Waals surface area contributed by atoms with Crippen LogP contribution in [0.4, 0.5) is 0 Å². The second-order valence-electron chi connectivity index (χ2n) is 9.74. The molecule has 0 fully saturated rings. The Morgan fingerprint density at radius 2 is 1.90 bits per heavy atom. The van der Waals surface area contributed by atoms with Crippen LogP contribution in [0, 0.1) is 5.92 Å². The number of nitrogens with zero attached hydrogens (tertiary/aromatic N) is 2. The first-order valence-corrected chi connectivity index (χ1v) is 13.9. The van der Waals surface area contributed by atoms with Gasteiger partial charge in [-0.3, -0.25) is 4.79 Å². The van der Waals surface area contributed by atoms with E-state index in [0.717, 1.165) is 16.8 Å². The van der Waals surface area contributed by atoms with Crippen molar-refractivity contribution in [2.24, 2.45) is 10.9 Å². The van der Waals surface area contributed by atoms with Crippen LogP contribution >= 0.6 is 11.8 Å². The maximum Gasteiger partial charge on any atom is 0.338 e. The number of ether oxygens (including phenoxy) is 3. The molecule has 0 aliphatic carbocycles. The quantitative estimate of drug-likeness (QED) is 0.288. The Morgan fingerprint density at radius 1 is 1.10 bits per heavy atom. The fourth-order valence-corrected chi connectivity index (χ4v) is 5.27. The van der Waals surface area contributed by atoms with Gasteiger partial charge in [-0.05, 0) is 41.5 Å². The Morgan fingerprint density at radius 3 is 2.64 bits per heavy atom. The fraction of sp³-hybridized carbons (Fsp3) is 0.367. The summed E-state index contributed by atoms with van der Waals surface area (Å²) in [7, 11) is 1.56. The first kappa shape index (κ1) is 28.4. The molecule has 2 aromatic rings. The summed E-state index contributed by atoms with van der Waals surface area (Å²) in [6, 6.07) is 17.1. The van der Waals surface area contributed by atoms with E-state index in [1.165, 1.54) is 11.8 Å². The minimum Gasteiger partial charge on any atom is -0.489 e. The van der Waals surface area contributed by atoms with Gasteiger partial charge in [-0.2, -0.15) is 0 Å². The van der Waals surface area contributed by atoms with E-state index in [-0.39, 0.29) is 18.9 Å². The number of fused-ring (bicyclic) bond motifs is 1. The zero-order valence-corrected chi connectivity index (χ0v) is 23.6. The lowest BCUT2D eigenvalue weighted by Gasteiger charge is -2.36. The predicted molar refractivity (Wildman–Crippen MR) is 153 cm³/mol. The monoisotopic (exact) mass is 549 g/mol. The van der Waals surface area contributed by atoms with Crippen molar-refractivity contribution in [1.82, 2.24) is 10.2 Å². The zero-order chi connectivity index (χ0) is 27.8. The number of carbonyl (C=O) groups is 2. The highest BCUT2D eigenvalue weighted by Gasteiger charge is 2.41. The average Bonchev–Trinajstić information content (AvgIpc) is 3.32. The van der Waals surface area contributed by atoms with E-state index < -0.39 is 12.0 Å². The standard InChI is InChI=1S/C30H35N3O5S/c1-20(2)17-31-26(34)16-24-19-39-30-32-21(3)27(29(35)37-14-13-36-4)28(33(24)30)23-11-8-12-25(15-23)38-18-22-9-6-5-7-10-22/h5-12,15,19-20,28H,13-14,16-18H2,1-4H3,(H,31,34). The van der Waals surface area contributed by atoms with Crippen LogP contribution in [0.5, 0.6) is 5.75 Å². The molecule has 2 aliphatic rings. The number of nitrogens with one attached hydrogen (secondary N) is 1. The van der Waals surface area contributed by atoms with Crippen molar-refractivity contribution in [1.29, 1.82) is 0 Å². The largest absolute Gasteiger partial charge is 0.489 e. The molecule has 1 amide bonds. The van der Waals surface area contributed by atoms with Crippen LogP contribution in [0.3, 0.4) is 0 Å². The third-order valence-electron chi connectivity index (χ3n) is 6.21. The number of thioether (sulfide) groups is 1. The third-order valence-corrected chi connectivity index (χ3v) is 7.10. The highest BCUT2D eigenvalue weighted by atomic mass is 32.2. The summed E-state index contributed by atoms with van der Waals surface area (Å²) in [5.74, 6) is 0.482. The van der Waals surface area contributed by atoms with Gasteiger partial charge in [0.05, 0.1) is 30.3 Å². The minimum absolute atomic E-state index is 0.0778. The summed E-state index contributed by atoms with van der Waals surface area (Å²) in [6.45, 7) is 7.36. The van der Waals surface area contributed by atoms with Crippen LogP contribution in [-0.4, -0.2) is 48.8 Å². The van der Waals surface area contributed by atoms with Crippen molar-refractivity contribution in [2.45, 2.75) is 39.8 Å². The molecule has 2 heterocycles. The van der Waals surface area contributed by atoms with E-state index in [2.05, 4.69) is 19.2 Å². The molecule has 4 rings (SSSR count). The molecule has 8 nitrogen and oxygen atoms in total. The second kappa shape index (κ2) is 13.5. The Labute approximate surface area is 234 Å². The van der Waals surface area contributed by atoms with Gasteiger partial charge in [0.1, 0.15) is 19.0 Å². The van der Waals surface area contributed by atoms with E-state index in [4.69, 9.17) is 19.2 Å². The van der Waals surface area contributed by atoms with Crippen molar-refractivity contribution in [2.75, 3.05) is 26.9 Å².